The van der Waals surface area contributed by atoms with Gasteiger partial charge in [0.15, 0.2) is 5.96 Å². The molecule has 1 aromatic rings. The quantitative estimate of drug-likeness (QED) is 0.188. The van der Waals surface area contributed by atoms with E-state index in [1.54, 1.807) is 7.11 Å². The van der Waals surface area contributed by atoms with Crippen LogP contribution in [0.3, 0.4) is 0 Å². The molecule has 0 heterocycles. The Morgan fingerprint density at radius 3 is 2.59 bits per heavy atom. The molecular weight excluding hydrogens is 487 g/mol. The Morgan fingerprint density at radius 1 is 1.17 bits per heavy atom. The SMILES string of the molecule is CCNC(=NCCNC(=O)OC(C)(C)C)Nc1cccc(OCCCOC)c1.I. The first kappa shape index (κ1) is 27.2. The van der Waals surface area contributed by atoms with Crippen LogP contribution in [-0.4, -0.2) is 57.6 Å². The molecule has 1 aromatic carbocycles. The number of ether oxygens (including phenoxy) is 3. The van der Waals surface area contributed by atoms with Crippen molar-refractivity contribution < 1.29 is 19.0 Å². The number of nitrogens with one attached hydrogen (secondary N) is 3. The molecule has 1 amide bonds. The molecule has 0 spiro atoms. The fourth-order valence-electron chi connectivity index (χ4n) is 2.14. The van der Waals surface area contributed by atoms with Crippen LogP contribution in [0.5, 0.6) is 5.75 Å². The van der Waals surface area contributed by atoms with E-state index in [1.165, 1.54) is 0 Å². The predicted molar refractivity (Wildman–Crippen MR) is 128 cm³/mol. The molecule has 166 valence electrons. The van der Waals surface area contributed by atoms with Crippen molar-refractivity contribution in [3.8, 4) is 5.75 Å². The summed E-state index contributed by atoms with van der Waals surface area (Å²) in [5.41, 5.74) is 0.351. The maximum absolute atomic E-state index is 11.7. The topological polar surface area (TPSA) is 93.2 Å². The van der Waals surface area contributed by atoms with Gasteiger partial charge in [-0.2, -0.15) is 0 Å². The van der Waals surface area contributed by atoms with E-state index >= 15 is 0 Å². The summed E-state index contributed by atoms with van der Waals surface area (Å²) in [6.45, 7) is 10.3. The van der Waals surface area contributed by atoms with Gasteiger partial charge in [0, 0.05) is 45.0 Å². The maximum atomic E-state index is 11.7. The first-order chi connectivity index (χ1) is 13.3. The normalized spacial score (nSPS) is 11.3. The average molecular weight is 522 g/mol. The van der Waals surface area contributed by atoms with Gasteiger partial charge < -0.3 is 30.2 Å². The summed E-state index contributed by atoms with van der Waals surface area (Å²) in [5, 5.41) is 9.10. The van der Waals surface area contributed by atoms with Crippen LogP contribution < -0.4 is 20.7 Å². The lowest BCUT2D eigenvalue weighted by atomic mass is 10.2. The smallest absolute Gasteiger partial charge is 0.407 e. The van der Waals surface area contributed by atoms with Crippen molar-refractivity contribution in [1.29, 1.82) is 0 Å². The molecule has 8 nitrogen and oxygen atoms in total. The summed E-state index contributed by atoms with van der Waals surface area (Å²) >= 11 is 0. The number of nitrogens with zero attached hydrogens (tertiary/aromatic N) is 1. The number of anilines is 1. The highest BCUT2D eigenvalue weighted by molar-refractivity contribution is 14.0. The maximum Gasteiger partial charge on any atom is 0.407 e. The van der Waals surface area contributed by atoms with E-state index < -0.39 is 11.7 Å². The summed E-state index contributed by atoms with van der Waals surface area (Å²) in [6.07, 6.45) is 0.391. The van der Waals surface area contributed by atoms with Crippen molar-refractivity contribution in [3.05, 3.63) is 24.3 Å². The van der Waals surface area contributed by atoms with E-state index in [0.29, 0.717) is 32.3 Å². The minimum Gasteiger partial charge on any atom is -0.493 e. The van der Waals surface area contributed by atoms with Crippen LogP contribution in [0.15, 0.2) is 29.3 Å². The molecule has 9 heteroatoms. The van der Waals surface area contributed by atoms with Crippen LogP contribution in [0, 0.1) is 0 Å². The highest BCUT2D eigenvalue weighted by Crippen LogP contribution is 2.17. The lowest BCUT2D eigenvalue weighted by Crippen LogP contribution is -2.35. The molecular formula is C20H35IN4O4. The van der Waals surface area contributed by atoms with Crippen molar-refractivity contribution in [2.45, 2.75) is 39.7 Å². The van der Waals surface area contributed by atoms with Crippen LogP contribution in [0.4, 0.5) is 10.5 Å². The van der Waals surface area contributed by atoms with Gasteiger partial charge >= 0.3 is 6.09 Å². The van der Waals surface area contributed by atoms with Crippen LogP contribution >= 0.6 is 24.0 Å². The van der Waals surface area contributed by atoms with Crippen molar-refractivity contribution >= 4 is 41.7 Å². The largest absolute Gasteiger partial charge is 0.493 e. The number of carbonyl (C=O) groups is 1. The van der Waals surface area contributed by atoms with E-state index in [1.807, 2.05) is 52.0 Å². The Hall–Kier alpha value is -1.75. The Kier molecular flexibility index (Phi) is 14.2. The average Bonchev–Trinajstić information content (AvgIpc) is 2.61. The van der Waals surface area contributed by atoms with Crippen molar-refractivity contribution in [3.63, 3.8) is 0 Å². The lowest BCUT2D eigenvalue weighted by Gasteiger charge is -2.19. The predicted octanol–water partition coefficient (Wildman–Crippen LogP) is 3.62. The second-order valence-corrected chi connectivity index (χ2v) is 7.04. The number of hydrogen-bond donors (Lipinski definition) is 3. The van der Waals surface area contributed by atoms with Gasteiger partial charge in [0.05, 0.1) is 13.2 Å². The number of guanidine groups is 1. The van der Waals surface area contributed by atoms with Crippen LogP contribution in [0.25, 0.3) is 0 Å². The van der Waals surface area contributed by atoms with Gasteiger partial charge in [0.2, 0.25) is 0 Å². The third-order valence-electron chi connectivity index (χ3n) is 3.25. The van der Waals surface area contributed by atoms with E-state index in [9.17, 15) is 4.79 Å². The minimum absolute atomic E-state index is 0. The number of methoxy groups -OCH3 is 1. The number of amides is 1. The standard InChI is InChI=1S/C20H34N4O4.HI/c1-6-21-18(22-11-12-23-19(25)28-20(2,3)4)24-16-9-7-10-17(15-16)27-14-8-13-26-5;/h7,9-10,15H,6,8,11-14H2,1-5H3,(H,23,25)(H2,21,22,24);1H. The van der Waals surface area contributed by atoms with Crippen LogP contribution in [0.2, 0.25) is 0 Å². The molecule has 29 heavy (non-hydrogen) atoms. The number of carbonyl (C=O) groups excluding carboxylic acids is 1. The van der Waals surface area contributed by atoms with Crippen LogP contribution in [0.1, 0.15) is 34.1 Å². The lowest BCUT2D eigenvalue weighted by molar-refractivity contribution is 0.0529. The Bertz CT molecular complexity index is 621. The summed E-state index contributed by atoms with van der Waals surface area (Å²) < 4.78 is 15.9. The van der Waals surface area contributed by atoms with Gasteiger partial charge in [-0.15, -0.1) is 24.0 Å². The van der Waals surface area contributed by atoms with E-state index in [0.717, 1.165) is 24.4 Å². The number of aliphatic imine (C=N–C) groups is 1. The zero-order valence-electron chi connectivity index (χ0n) is 18.0. The van der Waals surface area contributed by atoms with Gasteiger partial charge in [-0.25, -0.2) is 4.79 Å². The number of benzene rings is 1. The zero-order valence-corrected chi connectivity index (χ0v) is 20.4. The van der Waals surface area contributed by atoms with E-state index in [2.05, 4.69) is 20.9 Å². The molecule has 0 aliphatic rings. The molecule has 0 aliphatic carbocycles. The molecule has 0 fully saturated rings. The third kappa shape index (κ3) is 14.0. The van der Waals surface area contributed by atoms with Gasteiger partial charge in [-0.1, -0.05) is 6.07 Å². The third-order valence-corrected chi connectivity index (χ3v) is 3.25. The number of hydrogen-bond acceptors (Lipinski definition) is 5. The summed E-state index contributed by atoms with van der Waals surface area (Å²) in [5.74, 6) is 1.41. The van der Waals surface area contributed by atoms with E-state index in [4.69, 9.17) is 14.2 Å². The first-order valence-electron chi connectivity index (χ1n) is 9.58. The van der Waals surface area contributed by atoms with Gasteiger partial charge in [0.1, 0.15) is 11.4 Å². The monoisotopic (exact) mass is 522 g/mol. The molecule has 0 saturated carbocycles. The van der Waals surface area contributed by atoms with Gasteiger partial charge in [-0.3, -0.25) is 4.99 Å². The fraction of sp³-hybridized carbons (Fsp3) is 0.600. The highest BCUT2D eigenvalue weighted by atomic mass is 127. The summed E-state index contributed by atoms with van der Waals surface area (Å²) in [7, 11) is 1.68. The van der Waals surface area contributed by atoms with Gasteiger partial charge in [0.25, 0.3) is 0 Å². The summed E-state index contributed by atoms with van der Waals surface area (Å²) in [6, 6.07) is 7.68. The Balaban J connectivity index is 0.00000784. The minimum atomic E-state index is -0.513. The second-order valence-electron chi connectivity index (χ2n) is 7.04. The Labute approximate surface area is 191 Å². The van der Waals surface area contributed by atoms with E-state index in [-0.39, 0.29) is 24.0 Å². The van der Waals surface area contributed by atoms with Crippen LogP contribution in [-0.2, 0) is 9.47 Å². The summed E-state index contributed by atoms with van der Waals surface area (Å²) in [4.78, 5) is 16.1. The molecule has 0 aliphatic heterocycles. The molecule has 0 saturated heterocycles. The fourth-order valence-corrected chi connectivity index (χ4v) is 2.14. The molecule has 0 radical (unpaired) electrons. The molecule has 0 unspecified atom stereocenters. The Morgan fingerprint density at radius 2 is 1.93 bits per heavy atom. The van der Waals surface area contributed by atoms with Gasteiger partial charge in [-0.05, 0) is 39.8 Å². The molecule has 1 rings (SSSR count). The molecule has 0 bridgehead atoms. The molecule has 0 aromatic heterocycles. The van der Waals surface area contributed by atoms with Crippen molar-refractivity contribution in [2.75, 3.05) is 45.3 Å². The highest BCUT2D eigenvalue weighted by Gasteiger charge is 2.15. The molecule has 3 N–H and O–H groups in total. The zero-order chi connectivity index (χ0) is 20.8. The van der Waals surface area contributed by atoms with Crippen molar-refractivity contribution in [1.82, 2.24) is 10.6 Å². The number of rotatable bonds is 10. The number of alkyl carbamates (subject to hydrolysis) is 1. The number of halogens is 1. The van der Waals surface area contributed by atoms with Crippen molar-refractivity contribution in [2.24, 2.45) is 4.99 Å². The second kappa shape index (κ2) is 15.1. The first-order valence-corrected chi connectivity index (χ1v) is 9.58. The molecule has 0 atom stereocenters.